The van der Waals surface area contributed by atoms with Crippen molar-refractivity contribution in [2.75, 3.05) is 0 Å². The van der Waals surface area contributed by atoms with Crippen LogP contribution in [0.15, 0.2) is 23.8 Å². The number of ketones is 1. The SMILES string of the molecule is CC(=O)O[C@@H]1C[C@H]2C(C)(C)C(=O)C=C[C@]2(C)[C@H]2[C@H](O)C[C@]3(C)C(=CC[C@H]3[C@H]3C[C@@H](CC(C)C)O[C@@H]3O)[C@@]21C. The van der Waals surface area contributed by atoms with E-state index >= 15 is 0 Å². The van der Waals surface area contributed by atoms with Gasteiger partial charge in [-0.15, -0.1) is 0 Å². The summed E-state index contributed by atoms with van der Waals surface area (Å²) in [6.07, 6.45) is 7.96. The van der Waals surface area contributed by atoms with Gasteiger partial charge >= 0.3 is 5.97 Å². The van der Waals surface area contributed by atoms with Crippen LogP contribution in [0.25, 0.3) is 0 Å². The first kappa shape index (κ1) is 28.0. The Labute approximate surface area is 228 Å². The first-order valence-electron chi connectivity index (χ1n) is 14.7. The zero-order valence-electron chi connectivity index (χ0n) is 24.5. The largest absolute Gasteiger partial charge is 0.462 e. The molecule has 11 atom stereocenters. The number of fused-ring (bicyclic) bond motifs is 5. The molecule has 1 saturated heterocycles. The topological polar surface area (TPSA) is 93.1 Å². The number of carbonyl (C=O) groups is 2. The van der Waals surface area contributed by atoms with E-state index < -0.39 is 34.7 Å². The number of rotatable bonds is 4. The molecule has 0 amide bonds. The second-order valence-corrected chi connectivity index (χ2v) is 14.8. The fraction of sp³-hybridized carbons (Fsp3) is 0.812. The van der Waals surface area contributed by atoms with E-state index in [1.54, 1.807) is 6.08 Å². The second kappa shape index (κ2) is 9.01. The van der Waals surface area contributed by atoms with Gasteiger partial charge in [0.05, 0.1) is 12.2 Å². The van der Waals surface area contributed by atoms with Crippen molar-refractivity contribution in [2.45, 2.75) is 112 Å². The summed E-state index contributed by atoms with van der Waals surface area (Å²) in [5.41, 5.74) is -0.745. The van der Waals surface area contributed by atoms with Crippen LogP contribution in [0.3, 0.4) is 0 Å². The number of aliphatic hydroxyl groups excluding tert-OH is 2. The molecule has 212 valence electrons. The molecule has 0 spiro atoms. The predicted molar refractivity (Wildman–Crippen MR) is 145 cm³/mol. The number of allylic oxidation sites excluding steroid dienone is 3. The molecule has 0 aromatic heterocycles. The van der Waals surface area contributed by atoms with Crippen LogP contribution in [0.5, 0.6) is 0 Å². The summed E-state index contributed by atoms with van der Waals surface area (Å²) >= 11 is 0. The van der Waals surface area contributed by atoms with E-state index in [2.05, 4.69) is 40.7 Å². The molecule has 6 heteroatoms. The Morgan fingerprint density at radius 2 is 1.84 bits per heavy atom. The van der Waals surface area contributed by atoms with Gasteiger partial charge < -0.3 is 19.7 Å². The zero-order valence-corrected chi connectivity index (χ0v) is 24.5. The van der Waals surface area contributed by atoms with Crippen LogP contribution in [-0.2, 0) is 19.1 Å². The van der Waals surface area contributed by atoms with Gasteiger partial charge in [-0.2, -0.15) is 0 Å². The van der Waals surface area contributed by atoms with Crippen LogP contribution in [0.2, 0.25) is 0 Å². The Morgan fingerprint density at radius 1 is 1.16 bits per heavy atom. The van der Waals surface area contributed by atoms with E-state index in [9.17, 15) is 19.8 Å². The summed E-state index contributed by atoms with van der Waals surface area (Å²) in [5.74, 6) is 0.117. The van der Waals surface area contributed by atoms with Crippen LogP contribution in [-0.4, -0.2) is 46.6 Å². The molecule has 1 aliphatic heterocycles. The first-order chi connectivity index (χ1) is 17.6. The fourth-order valence-corrected chi connectivity index (χ4v) is 10.3. The highest BCUT2D eigenvalue weighted by molar-refractivity contribution is 5.95. The average Bonchev–Trinajstić information content (AvgIpc) is 3.30. The van der Waals surface area contributed by atoms with Crippen LogP contribution in [0, 0.1) is 51.2 Å². The van der Waals surface area contributed by atoms with Crippen molar-refractivity contribution >= 4 is 11.8 Å². The van der Waals surface area contributed by atoms with Gasteiger partial charge in [-0.1, -0.05) is 66.2 Å². The molecule has 6 nitrogen and oxygen atoms in total. The maximum absolute atomic E-state index is 13.0. The van der Waals surface area contributed by atoms with Crippen molar-refractivity contribution in [1.82, 2.24) is 0 Å². The van der Waals surface area contributed by atoms with Gasteiger partial charge in [-0.05, 0) is 66.8 Å². The first-order valence-corrected chi connectivity index (χ1v) is 14.7. The smallest absolute Gasteiger partial charge is 0.302 e. The van der Waals surface area contributed by atoms with Crippen molar-refractivity contribution in [2.24, 2.45) is 51.2 Å². The molecule has 2 saturated carbocycles. The minimum atomic E-state index is -0.804. The van der Waals surface area contributed by atoms with Gasteiger partial charge in [-0.25, -0.2) is 0 Å². The molecule has 0 bridgehead atoms. The molecule has 5 rings (SSSR count). The van der Waals surface area contributed by atoms with Gasteiger partial charge in [0, 0.05) is 29.6 Å². The molecule has 0 unspecified atom stereocenters. The average molecular weight is 529 g/mol. The highest BCUT2D eigenvalue weighted by Gasteiger charge is 2.71. The van der Waals surface area contributed by atoms with E-state index in [1.807, 2.05) is 19.9 Å². The molecule has 4 aliphatic carbocycles. The monoisotopic (exact) mass is 528 g/mol. The number of esters is 1. The van der Waals surface area contributed by atoms with Crippen molar-refractivity contribution in [1.29, 1.82) is 0 Å². The predicted octanol–water partition coefficient (Wildman–Crippen LogP) is 5.22. The maximum Gasteiger partial charge on any atom is 0.302 e. The van der Waals surface area contributed by atoms with Crippen molar-refractivity contribution in [3.8, 4) is 0 Å². The molecular formula is C32H48O6. The molecule has 0 radical (unpaired) electrons. The standard InChI is InChI=1S/C32H48O6/c1-17(2)13-19-14-20(28(36)38-19)21-9-10-23-31(21,7)16-22(34)27-30(6)12-11-25(35)29(4,5)24(30)15-26(32(23,27)8)37-18(3)33/h10-12,17,19-22,24,26-28,34,36H,9,13-16H2,1-8H3/t19-,20-,21+,22-,24+,26-,27-,28+,30+,31+,32-/m1/s1. The molecule has 1 heterocycles. The Balaban J connectivity index is 1.57. The second-order valence-electron chi connectivity index (χ2n) is 14.8. The Morgan fingerprint density at radius 3 is 2.47 bits per heavy atom. The maximum atomic E-state index is 13.0. The van der Waals surface area contributed by atoms with Crippen molar-refractivity contribution in [3.63, 3.8) is 0 Å². The lowest BCUT2D eigenvalue weighted by Crippen LogP contribution is -2.68. The Hall–Kier alpha value is -1.50. The van der Waals surface area contributed by atoms with Crippen molar-refractivity contribution in [3.05, 3.63) is 23.8 Å². The van der Waals surface area contributed by atoms with E-state index in [0.717, 1.165) is 19.3 Å². The summed E-state index contributed by atoms with van der Waals surface area (Å²) in [5, 5.41) is 23.1. The minimum Gasteiger partial charge on any atom is -0.462 e. The molecule has 3 fully saturated rings. The molecule has 0 aromatic rings. The Kier molecular flexibility index (Phi) is 6.65. The Bertz CT molecular complexity index is 1060. The van der Waals surface area contributed by atoms with E-state index in [0.29, 0.717) is 18.8 Å². The third kappa shape index (κ3) is 3.83. The third-order valence-corrected chi connectivity index (χ3v) is 11.7. The lowest BCUT2D eigenvalue weighted by molar-refractivity contribution is -0.211. The highest BCUT2D eigenvalue weighted by Crippen LogP contribution is 2.72. The van der Waals surface area contributed by atoms with E-state index in [4.69, 9.17) is 9.47 Å². The fourth-order valence-electron chi connectivity index (χ4n) is 10.3. The van der Waals surface area contributed by atoms with Gasteiger partial charge in [-0.3, -0.25) is 9.59 Å². The summed E-state index contributed by atoms with van der Waals surface area (Å²) in [6, 6.07) is 0. The highest BCUT2D eigenvalue weighted by atomic mass is 16.6. The quantitative estimate of drug-likeness (QED) is 0.384. The number of hydrogen-bond acceptors (Lipinski definition) is 6. The third-order valence-electron chi connectivity index (χ3n) is 11.7. The summed E-state index contributed by atoms with van der Waals surface area (Å²) in [4.78, 5) is 25.5. The van der Waals surface area contributed by atoms with Crippen LogP contribution >= 0.6 is 0 Å². The zero-order chi connectivity index (χ0) is 28.0. The number of carbonyl (C=O) groups excluding carboxylic acids is 2. The normalized spacial score (nSPS) is 49.3. The summed E-state index contributed by atoms with van der Waals surface area (Å²) in [6.45, 7) is 16.4. The van der Waals surface area contributed by atoms with Crippen LogP contribution < -0.4 is 0 Å². The molecular weight excluding hydrogens is 480 g/mol. The lowest BCUT2D eigenvalue weighted by Gasteiger charge is -2.67. The van der Waals surface area contributed by atoms with Gasteiger partial charge in [0.1, 0.15) is 6.10 Å². The molecule has 38 heavy (non-hydrogen) atoms. The van der Waals surface area contributed by atoms with Gasteiger partial charge in [0.15, 0.2) is 12.1 Å². The molecule has 2 N–H and O–H groups in total. The molecule has 5 aliphatic rings. The van der Waals surface area contributed by atoms with E-state index in [1.165, 1.54) is 12.5 Å². The number of aliphatic hydroxyl groups is 2. The summed E-state index contributed by atoms with van der Waals surface area (Å²) in [7, 11) is 0. The minimum absolute atomic E-state index is 0.00455. The lowest BCUT2D eigenvalue weighted by atomic mass is 9.37. The van der Waals surface area contributed by atoms with Crippen molar-refractivity contribution < 1.29 is 29.3 Å². The van der Waals surface area contributed by atoms with Crippen LogP contribution in [0.4, 0.5) is 0 Å². The number of ether oxygens (including phenoxy) is 2. The molecule has 0 aromatic carbocycles. The van der Waals surface area contributed by atoms with Gasteiger partial charge in [0.25, 0.3) is 0 Å². The van der Waals surface area contributed by atoms with E-state index in [-0.39, 0.29) is 46.9 Å². The van der Waals surface area contributed by atoms with Crippen LogP contribution in [0.1, 0.15) is 87.5 Å². The number of hydrogen-bond donors (Lipinski definition) is 2. The van der Waals surface area contributed by atoms with Gasteiger partial charge in [0.2, 0.25) is 0 Å². The summed E-state index contributed by atoms with van der Waals surface area (Å²) < 4.78 is 12.2.